The first kappa shape index (κ1) is 13.2. The SMILES string of the molecule is Cc1c(NN)ncnc1NC(C)c1cccc(F)c1. The lowest BCUT2D eigenvalue weighted by molar-refractivity contribution is 0.623. The molecule has 0 bridgehead atoms. The third-order valence-corrected chi connectivity index (χ3v) is 2.92. The van der Waals surface area contributed by atoms with Gasteiger partial charge in [0.1, 0.15) is 23.8 Å². The highest BCUT2D eigenvalue weighted by Crippen LogP contribution is 2.23. The van der Waals surface area contributed by atoms with Crippen molar-refractivity contribution in [1.82, 2.24) is 9.97 Å². The minimum Gasteiger partial charge on any atom is -0.363 e. The number of hydrogen-bond acceptors (Lipinski definition) is 5. The molecule has 0 spiro atoms. The van der Waals surface area contributed by atoms with Crippen molar-refractivity contribution in [3.63, 3.8) is 0 Å². The molecule has 1 aromatic heterocycles. The van der Waals surface area contributed by atoms with Crippen molar-refractivity contribution in [2.45, 2.75) is 19.9 Å². The van der Waals surface area contributed by atoms with E-state index in [2.05, 4.69) is 20.7 Å². The maximum atomic E-state index is 13.2. The third-order valence-electron chi connectivity index (χ3n) is 2.92. The van der Waals surface area contributed by atoms with Crippen LogP contribution in [0.15, 0.2) is 30.6 Å². The summed E-state index contributed by atoms with van der Waals surface area (Å²) in [4.78, 5) is 8.17. The topological polar surface area (TPSA) is 75.9 Å². The van der Waals surface area contributed by atoms with Crippen molar-refractivity contribution in [1.29, 1.82) is 0 Å². The molecule has 0 radical (unpaired) electrons. The van der Waals surface area contributed by atoms with Crippen LogP contribution in [0.1, 0.15) is 24.1 Å². The zero-order valence-electron chi connectivity index (χ0n) is 10.8. The fraction of sp³-hybridized carbons (Fsp3) is 0.231. The van der Waals surface area contributed by atoms with Crippen molar-refractivity contribution in [2.24, 2.45) is 5.84 Å². The Hall–Kier alpha value is -2.21. The molecule has 1 atom stereocenters. The fourth-order valence-corrected chi connectivity index (χ4v) is 1.81. The molecule has 6 heteroatoms. The lowest BCUT2D eigenvalue weighted by Crippen LogP contribution is -2.14. The van der Waals surface area contributed by atoms with Crippen molar-refractivity contribution in [2.75, 3.05) is 10.7 Å². The second-order valence-corrected chi connectivity index (χ2v) is 4.26. The fourth-order valence-electron chi connectivity index (χ4n) is 1.81. The monoisotopic (exact) mass is 261 g/mol. The zero-order chi connectivity index (χ0) is 13.8. The van der Waals surface area contributed by atoms with Crippen LogP contribution in [-0.4, -0.2) is 9.97 Å². The average Bonchev–Trinajstić information content (AvgIpc) is 2.41. The van der Waals surface area contributed by atoms with Gasteiger partial charge >= 0.3 is 0 Å². The molecule has 4 N–H and O–H groups in total. The zero-order valence-corrected chi connectivity index (χ0v) is 10.8. The summed E-state index contributed by atoms with van der Waals surface area (Å²) >= 11 is 0. The van der Waals surface area contributed by atoms with Crippen LogP contribution in [-0.2, 0) is 0 Å². The smallest absolute Gasteiger partial charge is 0.148 e. The van der Waals surface area contributed by atoms with Gasteiger partial charge in [0.15, 0.2) is 0 Å². The molecule has 100 valence electrons. The number of nitrogens with one attached hydrogen (secondary N) is 2. The molecule has 0 saturated carbocycles. The molecule has 2 rings (SSSR count). The van der Waals surface area contributed by atoms with E-state index in [0.717, 1.165) is 11.1 Å². The van der Waals surface area contributed by atoms with Gasteiger partial charge in [-0.15, -0.1) is 0 Å². The minimum atomic E-state index is -0.255. The summed E-state index contributed by atoms with van der Waals surface area (Å²) in [6, 6.07) is 6.38. The summed E-state index contributed by atoms with van der Waals surface area (Å²) in [6.45, 7) is 3.79. The lowest BCUT2D eigenvalue weighted by Gasteiger charge is -2.17. The van der Waals surface area contributed by atoms with E-state index in [1.165, 1.54) is 18.5 Å². The molecule has 1 heterocycles. The molecule has 1 aromatic carbocycles. The van der Waals surface area contributed by atoms with E-state index in [-0.39, 0.29) is 11.9 Å². The van der Waals surface area contributed by atoms with Gasteiger partial charge in [0.25, 0.3) is 0 Å². The van der Waals surface area contributed by atoms with Crippen molar-refractivity contribution >= 4 is 11.6 Å². The Kier molecular flexibility index (Phi) is 3.91. The predicted octanol–water partition coefficient (Wildman–Crippen LogP) is 2.38. The molecule has 0 saturated heterocycles. The van der Waals surface area contributed by atoms with E-state index in [1.54, 1.807) is 6.07 Å². The number of hydrazine groups is 1. The van der Waals surface area contributed by atoms with E-state index in [0.29, 0.717) is 11.6 Å². The van der Waals surface area contributed by atoms with Crippen LogP contribution in [0.2, 0.25) is 0 Å². The summed E-state index contributed by atoms with van der Waals surface area (Å²) in [7, 11) is 0. The van der Waals surface area contributed by atoms with Gasteiger partial charge in [0, 0.05) is 5.56 Å². The van der Waals surface area contributed by atoms with Crippen molar-refractivity contribution < 1.29 is 4.39 Å². The Labute approximate surface area is 111 Å². The van der Waals surface area contributed by atoms with Gasteiger partial charge in [-0.05, 0) is 31.5 Å². The first-order valence-electron chi connectivity index (χ1n) is 5.92. The van der Waals surface area contributed by atoms with Gasteiger partial charge in [0.2, 0.25) is 0 Å². The Morgan fingerprint density at radius 3 is 2.68 bits per heavy atom. The number of nitrogens with two attached hydrogens (primary N) is 1. The maximum Gasteiger partial charge on any atom is 0.148 e. The number of halogens is 1. The first-order chi connectivity index (χ1) is 9.11. The quantitative estimate of drug-likeness (QED) is 0.582. The Morgan fingerprint density at radius 1 is 1.26 bits per heavy atom. The van der Waals surface area contributed by atoms with E-state index >= 15 is 0 Å². The molecular weight excluding hydrogens is 245 g/mol. The summed E-state index contributed by atoms with van der Waals surface area (Å²) in [5.41, 5.74) is 4.17. The highest BCUT2D eigenvalue weighted by molar-refractivity contribution is 5.56. The molecule has 0 aliphatic heterocycles. The molecular formula is C13H16FN5. The minimum absolute atomic E-state index is 0.0741. The Morgan fingerprint density at radius 2 is 2.00 bits per heavy atom. The molecule has 0 amide bonds. The molecule has 2 aromatic rings. The van der Waals surface area contributed by atoms with Crippen LogP contribution in [0.5, 0.6) is 0 Å². The number of aromatic nitrogens is 2. The summed E-state index contributed by atoms with van der Waals surface area (Å²) in [6.07, 6.45) is 1.42. The van der Waals surface area contributed by atoms with E-state index in [1.807, 2.05) is 19.9 Å². The van der Waals surface area contributed by atoms with Gasteiger partial charge in [-0.25, -0.2) is 20.2 Å². The molecule has 19 heavy (non-hydrogen) atoms. The van der Waals surface area contributed by atoms with E-state index < -0.39 is 0 Å². The van der Waals surface area contributed by atoms with Crippen LogP contribution in [0.4, 0.5) is 16.0 Å². The highest BCUT2D eigenvalue weighted by atomic mass is 19.1. The number of nitrogens with zero attached hydrogens (tertiary/aromatic N) is 2. The molecule has 0 aliphatic rings. The normalized spacial score (nSPS) is 12.0. The number of hydrogen-bond donors (Lipinski definition) is 3. The van der Waals surface area contributed by atoms with Crippen LogP contribution in [0.25, 0.3) is 0 Å². The van der Waals surface area contributed by atoms with Crippen molar-refractivity contribution in [3.05, 3.63) is 47.5 Å². The average molecular weight is 261 g/mol. The van der Waals surface area contributed by atoms with Gasteiger partial charge in [-0.1, -0.05) is 12.1 Å². The van der Waals surface area contributed by atoms with Crippen LogP contribution < -0.4 is 16.6 Å². The Balaban J connectivity index is 2.21. The van der Waals surface area contributed by atoms with Crippen LogP contribution in [0, 0.1) is 12.7 Å². The van der Waals surface area contributed by atoms with Crippen molar-refractivity contribution in [3.8, 4) is 0 Å². The predicted molar refractivity (Wildman–Crippen MR) is 73.0 cm³/mol. The molecule has 5 nitrogen and oxygen atoms in total. The summed E-state index contributed by atoms with van der Waals surface area (Å²) < 4.78 is 13.2. The standard InChI is InChI=1S/C13H16FN5/c1-8-12(16-7-17-13(8)19-15)18-9(2)10-4-3-5-11(14)6-10/h3-7,9H,15H2,1-2H3,(H2,16,17,18,19). The third kappa shape index (κ3) is 2.97. The number of anilines is 2. The maximum absolute atomic E-state index is 13.2. The van der Waals surface area contributed by atoms with Gasteiger partial charge in [-0.3, -0.25) is 0 Å². The van der Waals surface area contributed by atoms with Gasteiger partial charge < -0.3 is 10.7 Å². The van der Waals surface area contributed by atoms with E-state index in [4.69, 9.17) is 5.84 Å². The summed E-state index contributed by atoms with van der Waals surface area (Å²) in [5.74, 6) is 6.33. The molecule has 0 aliphatic carbocycles. The van der Waals surface area contributed by atoms with Gasteiger partial charge in [0.05, 0.1) is 6.04 Å². The highest BCUT2D eigenvalue weighted by Gasteiger charge is 2.11. The second kappa shape index (κ2) is 5.62. The largest absolute Gasteiger partial charge is 0.363 e. The lowest BCUT2D eigenvalue weighted by atomic mass is 10.1. The number of nitrogen functional groups attached to an aromatic ring is 1. The first-order valence-corrected chi connectivity index (χ1v) is 5.92. The van der Waals surface area contributed by atoms with Gasteiger partial charge in [-0.2, -0.15) is 0 Å². The molecule has 0 fully saturated rings. The second-order valence-electron chi connectivity index (χ2n) is 4.26. The summed E-state index contributed by atoms with van der Waals surface area (Å²) in [5, 5.41) is 3.22. The van der Waals surface area contributed by atoms with Crippen LogP contribution in [0.3, 0.4) is 0 Å². The molecule has 1 unspecified atom stereocenters. The van der Waals surface area contributed by atoms with E-state index in [9.17, 15) is 4.39 Å². The Bertz CT molecular complexity index is 573. The number of rotatable bonds is 4. The number of benzene rings is 1. The van der Waals surface area contributed by atoms with Crippen LogP contribution >= 0.6 is 0 Å².